The number of carboxylic acids is 1. The summed E-state index contributed by atoms with van der Waals surface area (Å²) < 4.78 is 0. The third-order valence-corrected chi connectivity index (χ3v) is 12.9. The number of halogens is 1. The van der Waals surface area contributed by atoms with Crippen LogP contribution >= 0.6 is 11.6 Å². The van der Waals surface area contributed by atoms with Gasteiger partial charge in [-0.3, -0.25) is 14.8 Å². The van der Waals surface area contributed by atoms with Gasteiger partial charge in [0.1, 0.15) is 5.75 Å². The molecule has 2 aliphatic rings. The van der Waals surface area contributed by atoms with Crippen molar-refractivity contribution in [1.29, 1.82) is 0 Å². The van der Waals surface area contributed by atoms with Gasteiger partial charge in [0, 0.05) is 57.5 Å². The smallest absolute Gasteiger partial charge is 0.336 e. The molecular formula is C52H51ClN4O4. The highest BCUT2D eigenvalue weighted by Gasteiger charge is 2.38. The van der Waals surface area contributed by atoms with E-state index in [1.165, 1.54) is 0 Å². The zero-order chi connectivity index (χ0) is 43.6. The number of nitrogens with one attached hydrogen (secondary N) is 2. The summed E-state index contributed by atoms with van der Waals surface area (Å²) >= 11 is 6.92. The van der Waals surface area contributed by atoms with Gasteiger partial charge in [0.2, 0.25) is 5.78 Å². The number of aromatic hydroxyl groups is 1. The lowest BCUT2D eigenvalue weighted by Crippen LogP contribution is -2.36. The molecule has 8 nitrogen and oxygen atoms in total. The number of hydrogen-bond acceptors (Lipinski definition) is 7. The van der Waals surface area contributed by atoms with Crippen molar-refractivity contribution in [2.24, 2.45) is 0 Å². The number of hydrogen-bond donors (Lipinski definition) is 4. The molecule has 2 aromatic heterocycles. The van der Waals surface area contributed by atoms with Crippen LogP contribution in [0.25, 0.3) is 27.4 Å². The summed E-state index contributed by atoms with van der Waals surface area (Å²) in [7, 11) is 0. The minimum absolute atomic E-state index is 0.0515. The molecule has 0 saturated carbocycles. The van der Waals surface area contributed by atoms with Crippen LogP contribution in [0.15, 0.2) is 107 Å². The topological polar surface area (TPSA) is 124 Å². The van der Waals surface area contributed by atoms with E-state index in [1.54, 1.807) is 24.3 Å². The van der Waals surface area contributed by atoms with Gasteiger partial charge in [0.05, 0.1) is 21.6 Å². The van der Waals surface area contributed by atoms with Gasteiger partial charge in [-0.1, -0.05) is 66.2 Å². The lowest BCUT2D eigenvalue weighted by atomic mass is 9.71. The number of carbonyl (C=O) groups is 2. The number of carboxylic acid groups (broad SMARTS) is 1. The number of pyridine rings is 2. The zero-order valence-electron chi connectivity index (χ0n) is 36.1. The second kappa shape index (κ2) is 16.2. The Bertz CT molecular complexity index is 2940. The molecule has 4 aromatic carbocycles. The molecule has 61 heavy (non-hydrogen) atoms. The van der Waals surface area contributed by atoms with Crippen LogP contribution in [-0.2, 0) is 11.2 Å². The number of benzene rings is 4. The molecule has 0 aliphatic heterocycles. The number of aryl methyl sites for hydroxylation is 5. The molecule has 0 amide bonds. The van der Waals surface area contributed by atoms with Crippen molar-refractivity contribution in [3.8, 4) is 5.75 Å². The van der Waals surface area contributed by atoms with Crippen LogP contribution < -0.4 is 10.6 Å². The average Bonchev–Trinajstić information content (AvgIpc) is 3.21. The van der Waals surface area contributed by atoms with Gasteiger partial charge in [-0.25, -0.2) is 4.79 Å². The maximum absolute atomic E-state index is 14.5. The largest absolute Gasteiger partial charge is 0.507 e. The first-order valence-electron chi connectivity index (χ1n) is 20.9. The molecule has 0 radical (unpaired) electrons. The summed E-state index contributed by atoms with van der Waals surface area (Å²) in [4.78, 5) is 37.2. The number of phenols is 1. The molecule has 2 heterocycles. The van der Waals surface area contributed by atoms with E-state index in [0.717, 1.165) is 72.1 Å². The normalized spacial score (nSPS) is 16.0. The Labute approximate surface area is 362 Å². The van der Waals surface area contributed by atoms with Crippen LogP contribution in [0.5, 0.6) is 5.75 Å². The number of aromatic carboxylic acids is 1. The molecule has 8 rings (SSSR count). The number of nitrogens with zero attached hydrogens (tertiary/aromatic N) is 2. The van der Waals surface area contributed by atoms with Crippen LogP contribution in [0.2, 0.25) is 0 Å². The first-order valence-corrected chi connectivity index (χ1v) is 21.3. The van der Waals surface area contributed by atoms with Gasteiger partial charge in [-0.15, -0.1) is 0 Å². The fourth-order valence-electron chi connectivity index (χ4n) is 9.57. The average molecular weight is 831 g/mol. The fourth-order valence-corrected chi connectivity index (χ4v) is 9.78. The quantitative estimate of drug-likeness (QED) is 0.108. The Hall–Kier alpha value is -5.93. The molecule has 310 valence electrons. The van der Waals surface area contributed by atoms with E-state index in [2.05, 4.69) is 74.7 Å². The van der Waals surface area contributed by atoms with Crippen LogP contribution in [0.3, 0.4) is 0 Å². The Morgan fingerprint density at radius 3 is 1.84 bits per heavy atom. The SMILES string of the molecule is Cc1ccc2c(C)ccc(C(C)NC(C)C3=C4Cc5c(cc(C)c(O)c5C(C)NC(C)c5ccc(C)c6ccc(C)nc56)C(c5ccccc5C(=O)O)=C4C=C(Cl)C3=O)c2n1. The van der Waals surface area contributed by atoms with E-state index in [4.69, 9.17) is 21.6 Å². The number of aromatic nitrogens is 2. The van der Waals surface area contributed by atoms with Crippen LogP contribution in [0, 0.1) is 34.6 Å². The number of fused-ring (bicyclic) bond motifs is 4. The predicted octanol–water partition coefficient (Wildman–Crippen LogP) is 11.2. The van der Waals surface area contributed by atoms with Crippen molar-refractivity contribution in [3.05, 3.63) is 174 Å². The first kappa shape index (κ1) is 41.8. The van der Waals surface area contributed by atoms with Gasteiger partial charge in [0.15, 0.2) is 0 Å². The predicted molar refractivity (Wildman–Crippen MR) is 245 cm³/mol. The molecule has 6 aromatic rings. The number of carbonyl (C=O) groups excluding carboxylic acids is 1. The molecule has 4 N–H and O–H groups in total. The van der Waals surface area contributed by atoms with E-state index >= 15 is 0 Å². The molecular weight excluding hydrogens is 780 g/mol. The third-order valence-electron chi connectivity index (χ3n) is 12.6. The maximum Gasteiger partial charge on any atom is 0.336 e. The van der Waals surface area contributed by atoms with Gasteiger partial charge >= 0.3 is 5.97 Å². The number of ketones is 1. The first-order chi connectivity index (χ1) is 29.0. The van der Waals surface area contributed by atoms with E-state index in [1.807, 2.05) is 58.9 Å². The lowest BCUT2D eigenvalue weighted by Gasteiger charge is -2.35. The second-order valence-corrected chi connectivity index (χ2v) is 17.3. The van der Waals surface area contributed by atoms with Gasteiger partial charge in [-0.2, -0.15) is 0 Å². The number of Topliss-reactive ketones (excluding diaryl/α,β-unsaturated/α-hetero) is 1. The van der Waals surface area contributed by atoms with Crippen molar-refractivity contribution >= 4 is 50.7 Å². The highest BCUT2D eigenvalue weighted by molar-refractivity contribution is 6.46. The minimum atomic E-state index is -1.07. The molecule has 0 fully saturated rings. The van der Waals surface area contributed by atoms with E-state index in [0.29, 0.717) is 39.8 Å². The van der Waals surface area contributed by atoms with Crippen LogP contribution in [-0.4, -0.2) is 38.0 Å². The van der Waals surface area contributed by atoms with Crippen LogP contribution in [0.1, 0.15) is 118 Å². The summed E-state index contributed by atoms with van der Waals surface area (Å²) in [6, 6.07) is 24.3. The highest BCUT2D eigenvalue weighted by Crippen LogP contribution is 2.49. The Balaban J connectivity index is 1.30. The van der Waals surface area contributed by atoms with Crippen molar-refractivity contribution in [2.45, 2.75) is 92.9 Å². The summed E-state index contributed by atoms with van der Waals surface area (Å²) in [5.41, 5.74) is 14.1. The third kappa shape index (κ3) is 7.37. The molecule has 9 heteroatoms. The Morgan fingerprint density at radius 2 is 1.26 bits per heavy atom. The van der Waals surface area contributed by atoms with Gasteiger partial charge in [-0.05, 0) is 160 Å². The fraction of sp³-hybridized carbons (Fsp3) is 0.269. The van der Waals surface area contributed by atoms with Crippen molar-refractivity contribution < 1.29 is 19.8 Å². The van der Waals surface area contributed by atoms with Crippen molar-refractivity contribution in [3.63, 3.8) is 0 Å². The summed E-state index contributed by atoms with van der Waals surface area (Å²) in [6.07, 6.45) is 2.00. The number of phenolic OH excluding ortho intramolecular Hbond substituents is 1. The molecule has 4 atom stereocenters. The van der Waals surface area contributed by atoms with E-state index < -0.39 is 12.0 Å². The zero-order valence-corrected chi connectivity index (χ0v) is 36.8. The monoisotopic (exact) mass is 830 g/mol. The Morgan fingerprint density at radius 1 is 0.705 bits per heavy atom. The Kier molecular flexibility index (Phi) is 11.1. The standard InChI is InChI=1S/C52H51ClN4O4/c1-25-14-18-36(48-34(25)20-16-28(4)54-48)30(6)56-32(8)45-41-23-42-43(47(40(41)22-27(3)50(45)58)38-12-10-11-13-39(38)52(60)61)24-44(53)51(59)46(42)33(9)57-31(7)37-19-15-26(2)35-21-17-29(5)55-49(35)37/h10-22,24,30-33,56-58H,23H2,1-9H3,(H,60,61). The summed E-state index contributed by atoms with van der Waals surface area (Å²) in [5, 5.41) is 32.4. The lowest BCUT2D eigenvalue weighted by molar-refractivity contribution is -0.112. The van der Waals surface area contributed by atoms with Crippen molar-refractivity contribution in [1.82, 2.24) is 20.6 Å². The highest BCUT2D eigenvalue weighted by atomic mass is 35.5. The molecule has 2 aliphatic carbocycles. The molecule has 0 spiro atoms. The maximum atomic E-state index is 14.5. The van der Waals surface area contributed by atoms with E-state index in [-0.39, 0.29) is 40.3 Å². The molecule has 0 saturated heterocycles. The number of allylic oxidation sites excluding steroid dienone is 4. The van der Waals surface area contributed by atoms with Crippen LogP contribution in [0.4, 0.5) is 0 Å². The summed E-state index contributed by atoms with van der Waals surface area (Å²) in [6.45, 7) is 18.2. The van der Waals surface area contributed by atoms with Gasteiger partial charge < -0.3 is 20.8 Å². The summed E-state index contributed by atoms with van der Waals surface area (Å²) in [5.74, 6) is -1.22. The number of rotatable bonds is 10. The molecule has 0 bridgehead atoms. The van der Waals surface area contributed by atoms with E-state index in [9.17, 15) is 19.8 Å². The minimum Gasteiger partial charge on any atom is -0.507 e. The molecule has 4 unspecified atom stereocenters. The van der Waals surface area contributed by atoms with Gasteiger partial charge in [0.25, 0.3) is 0 Å². The van der Waals surface area contributed by atoms with Crippen molar-refractivity contribution in [2.75, 3.05) is 0 Å². The second-order valence-electron chi connectivity index (χ2n) is 16.9.